The predicted molar refractivity (Wildman–Crippen MR) is 153 cm³/mol. The van der Waals surface area contributed by atoms with E-state index in [1.807, 2.05) is 78.7 Å². The van der Waals surface area contributed by atoms with Crippen LogP contribution in [0, 0.1) is 5.92 Å². The van der Waals surface area contributed by atoms with E-state index in [0.29, 0.717) is 6.54 Å². The summed E-state index contributed by atoms with van der Waals surface area (Å²) in [4.78, 5) is 41.9. The number of carbonyl (C=O) groups is 3. The van der Waals surface area contributed by atoms with Crippen molar-refractivity contribution >= 4 is 18.0 Å². The quantitative estimate of drug-likeness (QED) is 0.392. The molecule has 41 heavy (non-hydrogen) atoms. The molecule has 5 rings (SSSR count). The van der Waals surface area contributed by atoms with E-state index in [-0.39, 0.29) is 32.3 Å². The SMILES string of the molecule is CN(Cc1ccccc1)CC(NC(=O)OCC1c2ccccc2-c2ccccc21)C(=O)N(C)C1COCC1C(=O)O. The van der Waals surface area contributed by atoms with Crippen LogP contribution in [0.2, 0.25) is 0 Å². The van der Waals surface area contributed by atoms with Crippen LogP contribution in [0.3, 0.4) is 0 Å². The van der Waals surface area contributed by atoms with Crippen LogP contribution in [-0.4, -0.2) is 85.4 Å². The molecule has 1 aliphatic heterocycles. The number of aliphatic carboxylic acids is 1. The number of likely N-dealkylation sites (N-methyl/N-ethyl adjacent to an activating group) is 2. The van der Waals surface area contributed by atoms with E-state index in [1.54, 1.807) is 7.05 Å². The number of amides is 2. The summed E-state index contributed by atoms with van der Waals surface area (Å²) in [6.45, 7) is 1.04. The summed E-state index contributed by atoms with van der Waals surface area (Å²) in [6, 6.07) is 24.4. The zero-order chi connectivity index (χ0) is 28.9. The molecule has 3 aromatic rings. The molecule has 3 unspecified atom stereocenters. The van der Waals surface area contributed by atoms with E-state index in [2.05, 4.69) is 17.4 Å². The van der Waals surface area contributed by atoms with Gasteiger partial charge in [-0.3, -0.25) is 14.5 Å². The number of rotatable bonds is 10. The highest BCUT2D eigenvalue weighted by Crippen LogP contribution is 2.44. The Hall–Kier alpha value is -4.21. The topological polar surface area (TPSA) is 108 Å². The minimum absolute atomic E-state index is 0.0377. The van der Waals surface area contributed by atoms with Gasteiger partial charge < -0.3 is 24.8 Å². The zero-order valence-corrected chi connectivity index (χ0v) is 23.2. The normalized spacial score (nSPS) is 18.4. The van der Waals surface area contributed by atoms with E-state index in [0.717, 1.165) is 27.8 Å². The van der Waals surface area contributed by atoms with Crippen LogP contribution in [0.15, 0.2) is 78.9 Å². The molecule has 0 radical (unpaired) electrons. The van der Waals surface area contributed by atoms with Crippen molar-refractivity contribution in [2.24, 2.45) is 5.92 Å². The Labute approximate surface area is 239 Å². The highest BCUT2D eigenvalue weighted by atomic mass is 16.5. The van der Waals surface area contributed by atoms with Gasteiger partial charge >= 0.3 is 12.1 Å². The lowest BCUT2D eigenvalue weighted by atomic mass is 9.98. The Morgan fingerprint density at radius 1 is 0.927 bits per heavy atom. The first-order valence-corrected chi connectivity index (χ1v) is 13.7. The molecule has 3 atom stereocenters. The number of carboxylic acids is 1. The zero-order valence-electron chi connectivity index (χ0n) is 23.2. The van der Waals surface area contributed by atoms with Gasteiger partial charge in [0.15, 0.2) is 0 Å². The fourth-order valence-corrected chi connectivity index (χ4v) is 5.81. The number of benzene rings is 3. The van der Waals surface area contributed by atoms with Gasteiger partial charge in [0.1, 0.15) is 18.6 Å². The second-order valence-electron chi connectivity index (χ2n) is 10.7. The summed E-state index contributed by atoms with van der Waals surface area (Å²) in [7, 11) is 3.42. The lowest BCUT2D eigenvalue weighted by Gasteiger charge is -2.32. The Kier molecular flexibility index (Phi) is 8.66. The van der Waals surface area contributed by atoms with Gasteiger partial charge in [-0.15, -0.1) is 0 Å². The third kappa shape index (κ3) is 6.26. The number of nitrogens with one attached hydrogen (secondary N) is 1. The molecule has 1 saturated heterocycles. The number of hydrogen-bond acceptors (Lipinski definition) is 6. The van der Waals surface area contributed by atoms with Gasteiger partial charge in [-0.25, -0.2) is 4.79 Å². The number of nitrogens with zero attached hydrogens (tertiary/aromatic N) is 2. The molecule has 1 fully saturated rings. The minimum atomic E-state index is -1.02. The molecule has 2 aliphatic rings. The second kappa shape index (κ2) is 12.5. The third-order valence-corrected chi connectivity index (χ3v) is 7.94. The number of fused-ring (bicyclic) bond motifs is 3. The van der Waals surface area contributed by atoms with Crippen LogP contribution in [0.5, 0.6) is 0 Å². The average molecular weight is 558 g/mol. The first-order valence-electron chi connectivity index (χ1n) is 13.7. The summed E-state index contributed by atoms with van der Waals surface area (Å²) < 4.78 is 11.1. The van der Waals surface area contributed by atoms with E-state index in [4.69, 9.17) is 9.47 Å². The van der Waals surface area contributed by atoms with Crippen molar-refractivity contribution in [3.05, 3.63) is 95.6 Å². The molecule has 9 nitrogen and oxygen atoms in total. The van der Waals surface area contributed by atoms with Crippen molar-refractivity contribution in [1.82, 2.24) is 15.1 Å². The first-order chi connectivity index (χ1) is 19.8. The van der Waals surface area contributed by atoms with Crippen molar-refractivity contribution in [1.29, 1.82) is 0 Å². The standard InChI is InChI=1S/C32H35N3O6/c1-34(16-21-10-4-3-5-11-21)17-28(30(36)35(2)29-20-40-18-27(29)31(37)38)33-32(39)41-19-26-24-14-8-6-12-22(24)23-13-7-9-15-25(23)26/h3-15,26-29H,16-20H2,1-2H3,(H,33,39)(H,37,38). The van der Waals surface area contributed by atoms with Crippen LogP contribution in [0.4, 0.5) is 4.79 Å². The highest BCUT2D eigenvalue weighted by Gasteiger charge is 2.40. The second-order valence-corrected chi connectivity index (χ2v) is 10.7. The maximum atomic E-state index is 13.7. The van der Waals surface area contributed by atoms with Gasteiger partial charge in [-0.1, -0.05) is 78.9 Å². The molecule has 2 amide bonds. The Morgan fingerprint density at radius 3 is 2.17 bits per heavy atom. The molecule has 214 valence electrons. The minimum Gasteiger partial charge on any atom is -0.481 e. The van der Waals surface area contributed by atoms with E-state index < -0.39 is 36.0 Å². The van der Waals surface area contributed by atoms with Gasteiger partial charge in [-0.05, 0) is 34.9 Å². The van der Waals surface area contributed by atoms with Crippen molar-refractivity contribution in [3.8, 4) is 11.1 Å². The van der Waals surface area contributed by atoms with E-state index >= 15 is 0 Å². The molecule has 2 N–H and O–H groups in total. The lowest BCUT2D eigenvalue weighted by Crippen LogP contribution is -2.56. The summed E-state index contributed by atoms with van der Waals surface area (Å²) in [5, 5.41) is 12.4. The van der Waals surface area contributed by atoms with E-state index in [9.17, 15) is 19.5 Å². The Balaban J connectivity index is 1.29. The fraction of sp³-hybridized carbons (Fsp3) is 0.344. The molecular weight excluding hydrogens is 522 g/mol. The average Bonchev–Trinajstić information content (AvgIpc) is 3.59. The molecule has 0 saturated carbocycles. The molecule has 0 spiro atoms. The summed E-state index contributed by atoms with van der Waals surface area (Å²) in [5.41, 5.74) is 5.50. The van der Waals surface area contributed by atoms with Gasteiger partial charge in [0, 0.05) is 26.1 Å². The van der Waals surface area contributed by atoms with Crippen molar-refractivity contribution in [2.45, 2.75) is 24.5 Å². The van der Waals surface area contributed by atoms with Gasteiger partial charge in [-0.2, -0.15) is 0 Å². The largest absolute Gasteiger partial charge is 0.481 e. The molecule has 1 heterocycles. The van der Waals surface area contributed by atoms with Gasteiger partial charge in [0.25, 0.3) is 0 Å². The molecule has 3 aromatic carbocycles. The highest BCUT2D eigenvalue weighted by molar-refractivity contribution is 5.87. The fourth-order valence-electron chi connectivity index (χ4n) is 5.81. The van der Waals surface area contributed by atoms with Gasteiger partial charge in [0.05, 0.1) is 19.3 Å². The first kappa shape index (κ1) is 28.3. The third-order valence-electron chi connectivity index (χ3n) is 7.94. The monoisotopic (exact) mass is 557 g/mol. The number of hydrogen-bond donors (Lipinski definition) is 2. The molecule has 0 aromatic heterocycles. The maximum Gasteiger partial charge on any atom is 0.407 e. The summed E-state index contributed by atoms with van der Waals surface area (Å²) >= 11 is 0. The Morgan fingerprint density at radius 2 is 1.54 bits per heavy atom. The van der Waals surface area contributed by atoms with E-state index in [1.165, 1.54) is 4.90 Å². The summed E-state index contributed by atoms with van der Waals surface area (Å²) in [6.07, 6.45) is -0.704. The number of ether oxygens (including phenoxy) is 2. The number of carbonyl (C=O) groups excluding carboxylic acids is 2. The predicted octanol–water partition coefficient (Wildman–Crippen LogP) is 3.58. The van der Waals surface area contributed by atoms with Gasteiger partial charge in [0.2, 0.25) is 5.91 Å². The number of alkyl carbamates (subject to hydrolysis) is 1. The molecule has 0 bridgehead atoms. The molecule has 1 aliphatic carbocycles. The lowest BCUT2D eigenvalue weighted by molar-refractivity contribution is -0.145. The van der Waals surface area contributed by atoms with Crippen molar-refractivity contribution in [2.75, 3.05) is 40.5 Å². The van der Waals surface area contributed by atoms with Crippen molar-refractivity contribution < 1.29 is 29.0 Å². The molecule has 9 heteroatoms. The van der Waals surface area contributed by atoms with Crippen LogP contribution >= 0.6 is 0 Å². The van der Waals surface area contributed by atoms with Crippen LogP contribution in [-0.2, 0) is 25.6 Å². The van der Waals surface area contributed by atoms with Crippen LogP contribution in [0.25, 0.3) is 11.1 Å². The smallest absolute Gasteiger partial charge is 0.407 e. The summed E-state index contributed by atoms with van der Waals surface area (Å²) in [5.74, 6) is -2.37. The Bertz CT molecular complexity index is 1350. The molecular formula is C32H35N3O6. The number of carboxylic acid groups (broad SMARTS) is 1. The van der Waals surface area contributed by atoms with Crippen LogP contribution < -0.4 is 5.32 Å². The van der Waals surface area contributed by atoms with Crippen molar-refractivity contribution in [3.63, 3.8) is 0 Å². The van der Waals surface area contributed by atoms with Crippen LogP contribution in [0.1, 0.15) is 22.6 Å². The maximum absolute atomic E-state index is 13.7.